The number of hydrogen-bond donors (Lipinski definition) is 1. The third-order valence-electron chi connectivity index (χ3n) is 5.30. The highest BCUT2D eigenvalue weighted by Crippen LogP contribution is 2.33. The summed E-state index contributed by atoms with van der Waals surface area (Å²) in [5.41, 5.74) is 9.21. The van der Waals surface area contributed by atoms with Gasteiger partial charge in [-0.25, -0.2) is 9.97 Å². The van der Waals surface area contributed by atoms with E-state index in [0.717, 1.165) is 60.6 Å². The molecule has 176 valence electrons. The van der Waals surface area contributed by atoms with Crippen LogP contribution in [0.2, 0.25) is 0 Å². The van der Waals surface area contributed by atoms with E-state index in [1.54, 1.807) is 14.2 Å². The number of likely N-dealkylation sites (N-methyl/N-ethyl adjacent to an activating group) is 1. The van der Waals surface area contributed by atoms with E-state index in [2.05, 4.69) is 26.8 Å². The first-order chi connectivity index (χ1) is 15.9. The van der Waals surface area contributed by atoms with E-state index < -0.39 is 0 Å². The molecule has 1 aromatic carbocycles. The normalized spacial score (nSPS) is 14.1. The Morgan fingerprint density at radius 2 is 1.64 bits per heavy atom. The molecule has 2 N–H and O–H groups in total. The van der Waals surface area contributed by atoms with Crippen LogP contribution in [0.1, 0.15) is 13.8 Å². The van der Waals surface area contributed by atoms with Crippen LogP contribution in [-0.2, 0) is 4.79 Å². The predicted molar refractivity (Wildman–Crippen MR) is 131 cm³/mol. The number of carbonyl (C=O) groups excluding carboxylic acids is 1. The molecule has 2 aromatic heterocycles. The number of ether oxygens (including phenoxy) is 2. The summed E-state index contributed by atoms with van der Waals surface area (Å²) in [6.45, 7) is 7.41. The number of nitrogen functional groups attached to an aromatic ring is 1. The lowest BCUT2D eigenvalue weighted by Crippen LogP contribution is -2.45. The summed E-state index contributed by atoms with van der Waals surface area (Å²) in [6, 6.07) is 9.63. The summed E-state index contributed by atoms with van der Waals surface area (Å²) >= 11 is 0. The van der Waals surface area contributed by atoms with Crippen LogP contribution < -0.4 is 20.1 Å². The topological polar surface area (TPSA) is 107 Å². The van der Waals surface area contributed by atoms with Crippen LogP contribution in [0.5, 0.6) is 11.5 Å². The van der Waals surface area contributed by atoms with Crippen molar-refractivity contribution in [1.29, 1.82) is 0 Å². The highest BCUT2D eigenvalue weighted by molar-refractivity contribution is 5.88. The maximum absolute atomic E-state index is 9.50. The maximum Gasteiger partial charge on any atom is 0.222 e. The first-order valence-electron chi connectivity index (χ1n) is 10.9. The number of benzene rings is 1. The number of rotatable bonds is 5. The van der Waals surface area contributed by atoms with Gasteiger partial charge in [0.25, 0.3) is 0 Å². The Kier molecular flexibility index (Phi) is 8.00. The van der Waals surface area contributed by atoms with Crippen molar-refractivity contribution in [3.05, 3.63) is 30.3 Å². The molecule has 0 radical (unpaired) electrons. The highest BCUT2D eigenvalue weighted by atomic mass is 16.5. The number of hydrogen-bond acceptors (Lipinski definition) is 9. The summed E-state index contributed by atoms with van der Waals surface area (Å²) in [6.07, 6.45) is 0.917. The van der Waals surface area contributed by atoms with Gasteiger partial charge in [0.1, 0.15) is 11.8 Å². The molecular weight excluding hydrogens is 420 g/mol. The molecule has 1 aliphatic rings. The number of methoxy groups -OCH3 is 2. The van der Waals surface area contributed by atoms with Gasteiger partial charge in [-0.1, -0.05) is 13.8 Å². The summed E-state index contributed by atoms with van der Waals surface area (Å²) in [5, 5.41) is 0. The molecule has 1 aliphatic heterocycles. The zero-order valence-electron chi connectivity index (χ0n) is 19.9. The number of aromatic nitrogens is 3. The van der Waals surface area contributed by atoms with Gasteiger partial charge in [-0.3, -0.25) is 0 Å². The fraction of sp³-hybridized carbons (Fsp3) is 0.417. The zero-order chi connectivity index (χ0) is 24.0. The summed E-state index contributed by atoms with van der Waals surface area (Å²) in [4.78, 5) is 27.8. The van der Waals surface area contributed by atoms with E-state index in [-0.39, 0.29) is 11.9 Å². The lowest BCUT2D eigenvalue weighted by Gasteiger charge is -2.33. The van der Waals surface area contributed by atoms with Crippen molar-refractivity contribution in [3.63, 3.8) is 0 Å². The molecule has 0 bridgehead atoms. The van der Waals surface area contributed by atoms with Crippen molar-refractivity contribution in [3.8, 4) is 22.8 Å². The van der Waals surface area contributed by atoms with Crippen molar-refractivity contribution in [2.75, 3.05) is 58.1 Å². The highest BCUT2D eigenvalue weighted by Gasteiger charge is 2.20. The van der Waals surface area contributed by atoms with E-state index in [4.69, 9.17) is 20.2 Å². The van der Waals surface area contributed by atoms with E-state index in [9.17, 15) is 4.79 Å². The molecule has 0 aliphatic carbocycles. The minimum atomic E-state index is 0.204. The number of piperazine rings is 1. The molecule has 1 saturated heterocycles. The molecule has 3 aromatic rings. The van der Waals surface area contributed by atoms with Crippen LogP contribution in [0.4, 0.5) is 11.8 Å². The molecule has 0 atom stereocenters. The Labute approximate surface area is 194 Å². The van der Waals surface area contributed by atoms with Crippen LogP contribution in [0, 0.1) is 5.92 Å². The standard InChI is InChI=1S/C20H24N6O2.C4H8O/c1-25-8-10-26(11-9-25)19-18-15(23-20(21)24-19)6-5-14(22-18)13-4-7-16(27-2)17(12-13)28-3;1-4(2)3-5/h4-7,12H,8-11H2,1-3H3,(H2,21,23,24);3-4H,1-2H3. The van der Waals surface area contributed by atoms with Crippen LogP contribution >= 0.6 is 0 Å². The summed E-state index contributed by atoms with van der Waals surface area (Å²) < 4.78 is 10.8. The van der Waals surface area contributed by atoms with Crippen molar-refractivity contribution in [1.82, 2.24) is 19.9 Å². The lowest BCUT2D eigenvalue weighted by molar-refractivity contribution is -0.110. The summed E-state index contributed by atoms with van der Waals surface area (Å²) in [7, 11) is 5.37. The first-order valence-corrected chi connectivity index (χ1v) is 10.9. The van der Waals surface area contributed by atoms with Crippen molar-refractivity contribution < 1.29 is 14.3 Å². The third-order valence-corrected chi connectivity index (χ3v) is 5.30. The second kappa shape index (κ2) is 10.9. The largest absolute Gasteiger partial charge is 0.493 e. The minimum Gasteiger partial charge on any atom is -0.493 e. The molecule has 1 fully saturated rings. The van der Waals surface area contributed by atoms with Gasteiger partial charge in [0.15, 0.2) is 17.3 Å². The van der Waals surface area contributed by atoms with Gasteiger partial charge in [0.05, 0.1) is 25.4 Å². The fourth-order valence-corrected chi connectivity index (χ4v) is 3.41. The number of carbonyl (C=O) groups is 1. The van der Waals surface area contributed by atoms with E-state index in [1.165, 1.54) is 0 Å². The smallest absolute Gasteiger partial charge is 0.222 e. The monoisotopic (exact) mass is 452 g/mol. The molecule has 0 saturated carbocycles. The molecule has 0 unspecified atom stereocenters. The van der Waals surface area contributed by atoms with Gasteiger partial charge >= 0.3 is 0 Å². The van der Waals surface area contributed by atoms with Crippen molar-refractivity contribution >= 4 is 29.1 Å². The van der Waals surface area contributed by atoms with Gasteiger partial charge in [-0.15, -0.1) is 0 Å². The molecule has 0 spiro atoms. The Balaban J connectivity index is 0.000000555. The third kappa shape index (κ3) is 5.87. The molecular formula is C24H32N6O3. The molecule has 4 rings (SSSR count). The van der Waals surface area contributed by atoms with Gasteiger partial charge in [0, 0.05) is 37.7 Å². The van der Waals surface area contributed by atoms with Gasteiger partial charge in [-0.2, -0.15) is 4.98 Å². The zero-order valence-corrected chi connectivity index (χ0v) is 19.9. The van der Waals surface area contributed by atoms with E-state index in [0.29, 0.717) is 11.5 Å². The minimum absolute atomic E-state index is 0.204. The van der Waals surface area contributed by atoms with Gasteiger partial charge < -0.3 is 29.8 Å². The number of fused-ring (bicyclic) bond motifs is 1. The Bertz CT molecular complexity index is 1100. The van der Waals surface area contributed by atoms with Gasteiger partial charge in [-0.05, 0) is 37.4 Å². The quantitative estimate of drug-likeness (QED) is 0.585. The van der Waals surface area contributed by atoms with Gasteiger partial charge in [0.2, 0.25) is 5.95 Å². The second-order valence-corrected chi connectivity index (χ2v) is 8.21. The molecule has 33 heavy (non-hydrogen) atoms. The molecule has 3 heterocycles. The van der Waals surface area contributed by atoms with E-state index in [1.807, 2.05) is 44.2 Å². The second-order valence-electron chi connectivity index (χ2n) is 8.21. The predicted octanol–water partition coefficient (Wildman–Crippen LogP) is 2.88. The lowest BCUT2D eigenvalue weighted by atomic mass is 10.1. The van der Waals surface area contributed by atoms with Crippen LogP contribution in [0.25, 0.3) is 22.3 Å². The number of aldehydes is 1. The van der Waals surface area contributed by atoms with Crippen LogP contribution in [0.3, 0.4) is 0 Å². The first kappa shape index (κ1) is 24.2. The number of nitrogens with zero attached hydrogens (tertiary/aromatic N) is 5. The molecule has 9 heteroatoms. The van der Waals surface area contributed by atoms with E-state index >= 15 is 0 Å². The maximum atomic E-state index is 9.50. The Morgan fingerprint density at radius 3 is 2.24 bits per heavy atom. The number of pyridine rings is 1. The van der Waals surface area contributed by atoms with Crippen molar-refractivity contribution in [2.45, 2.75) is 13.8 Å². The number of anilines is 2. The Hall–Kier alpha value is -3.46. The Morgan fingerprint density at radius 1 is 0.970 bits per heavy atom. The average Bonchev–Trinajstić information content (AvgIpc) is 2.83. The molecule has 0 amide bonds. The summed E-state index contributed by atoms with van der Waals surface area (Å²) in [5.74, 6) is 2.60. The van der Waals surface area contributed by atoms with Crippen molar-refractivity contribution in [2.24, 2.45) is 5.92 Å². The number of nitrogens with two attached hydrogens (primary N) is 1. The van der Waals surface area contributed by atoms with Crippen LogP contribution in [-0.4, -0.2) is 73.6 Å². The SMILES string of the molecule is CC(C)C=O.COc1ccc(-c2ccc3nc(N)nc(N4CCN(C)CC4)c3n2)cc1OC. The molecule has 9 nitrogen and oxygen atoms in total. The fourth-order valence-electron chi connectivity index (χ4n) is 3.41. The van der Waals surface area contributed by atoms with Crippen LogP contribution in [0.15, 0.2) is 30.3 Å². The average molecular weight is 453 g/mol.